The molecule has 0 saturated carbocycles. The van der Waals surface area contributed by atoms with E-state index in [1.54, 1.807) is 41.3 Å². The molecule has 3 heterocycles. The Bertz CT molecular complexity index is 751. The molecular weight excluding hydrogens is 276 g/mol. The fourth-order valence-electron chi connectivity index (χ4n) is 1.86. The van der Waals surface area contributed by atoms with E-state index in [4.69, 9.17) is 11.6 Å². The van der Waals surface area contributed by atoms with Crippen molar-refractivity contribution >= 4 is 23.0 Å². The highest BCUT2D eigenvalue weighted by molar-refractivity contribution is 6.29. The van der Waals surface area contributed by atoms with Crippen LogP contribution in [-0.4, -0.2) is 20.5 Å². The van der Waals surface area contributed by atoms with Gasteiger partial charge in [0.1, 0.15) is 5.15 Å². The first-order valence-corrected chi connectivity index (χ1v) is 6.42. The van der Waals surface area contributed by atoms with Crippen molar-refractivity contribution < 1.29 is 4.79 Å². The molecule has 0 fully saturated rings. The molecule has 3 rings (SSSR count). The molecule has 0 atom stereocenters. The molecule has 0 aliphatic carbocycles. The summed E-state index contributed by atoms with van der Waals surface area (Å²) in [4.78, 5) is 16.0. The largest absolute Gasteiger partial charge is 0.348 e. The number of hydrogen-bond donors (Lipinski definition) is 1. The molecule has 5 nitrogen and oxygen atoms in total. The summed E-state index contributed by atoms with van der Waals surface area (Å²) in [5.41, 5.74) is 2.37. The molecule has 0 radical (unpaired) electrons. The Labute approximate surface area is 120 Å². The van der Waals surface area contributed by atoms with E-state index >= 15 is 0 Å². The van der Waals surface area contributed by atoms with E-state index in [1.165, 1.54) is 0 Å². The van der Waals surface area contributed by atoms with Gasteiger partial charge in [-0.15, -0.1) is 0 Å². The minimum absolute atomic E-state index is 0.136. The average Bonchev–Trinajstić information content (AvgIpc) is 2.93. The van der Waals surface area contributed by atoms with Gasteiger partial charge >= 0.3 is 0 Å². The van der Waals surface area contributed by atoms with Gasteiger partial charge in [-0.3, -0.25) is 4.79 Å². The van der Waals surface area contributed by atoms with Crippen molar-refractivity contribution in [3.8, 4) is 0 Å². The molecule has 0 saturated heterocycles. The lowest BCUT2D eigenvalue weighted by atomic mass is 10.2. The zero-order valence-corrected chi connectivity index (χ0v) is 11.2. The van der Waals surface area contributed by atoms with Gasteiger partial charge < -0.3 is 5.32 Å². The van der Waals surface area contributed by atoms with Crippen molar-refractivity contribution in [2.45, 2.75) is 6.54 Å². The number of nitrogens with zero attached hydrogens (tertiary/aromatic N) is 3. The third-order valence-electron chi connectivity index (χ3n) is 2.90. The van der Waals surface area contributed by atoms with Gasteiger partial charge in [-0.2, -0.15) is 5.10 Å². The Morgan fingerprint density at radius 3 is 3.00 bits per heavy atom. The fourth-order valence-corrected chi connectivity index (χ4v) is 1.97. The third kappa shape index (κ3) is 2.62. The van der Waals surface area contributed by atoms with Gasteiger partial charge in [0.2, 0.25) is 0 Å². The lowest BCUT2D eigenvalue weighted by molar-refractivity contribution is 0.0951. The monoisotopic (exact) mass is 286 g/mol. The van der Waals surface area contributed by atoms with Crippen molar-refractivity contribution in [2.24, 2.45) is 0 Å². The van der Waals surface area contributed by atoms with E-state index in [2.05, 4.69) is 15.4 Å². The summed E-state index contributed by atoms with van der Waals surface area (Å²) in [5.74, 6) is -0.136. The number of nitrogens with one attached hydrogen (secondary N) is 1. The standard InChI is InChI=1S/C14H11ClN4O/c15-13-2-1-10(8-16-13)9-17-14(20)11-4-6-19-12(7-11)3-5-18-19/h1-8H,9H2,(H,17,20). The number of carbonyl (C=O) groups is 1. The summed E-state index contributed by atoms with van der Waals surface area (Å²) in [5, 5.41) is 7.36. The molecule has 1 N–H and O–H groups in total. The Morgan fingerprint density at radius 2 is 2.20 bits per heavy atom. The molecule has 0 aliphatic heterocycles. The van der Waals surface area contributed by atoms with Crippen LogP contribution in [0.2, 0.25) is 5.15 Å². The third-order valence-corrected chi connectivity index (χ3v) is 3.13. The second-order valence-corrected chi connectivity index (χ2v) is 4.68. The Hall–Kier alpha value is -2.40. The quantitative estimate of drug-likeness (QED) is 0.752. The summed E-state index contributed by atoms with van der Waals surface area (Å²) >= 11 is 5.71. The number of pyridine rings is 2. The van der Waals surface area contributed by atoms with E-state index in [0.29, 0.717) is 17.3 Å². The van der Waals surface area contributed by atoms with Crippen LogP contribution in [0.15, 0.2) is 48.9 Å². The summed E-state index contributed by atoms with van der Waals surface area (Å²) < 4.78 is 1.71. The van der Waals surface area contributed by atoms with E-state index in [9.17, 15) is 4.79 Å². The van der Waals surface area contributed by atoms with Gasteiger partial charge in [-0.1, -0.05) is 17.7 Å². The molecule has 1 amide bonds. The molecule has 20 heavy (non-hydrogen) atoms. The highest BCUT2D eigenvalue weighted by Gasteiger charge is 2.06. The summed E-state index contributed by atoms with van der Waals surface area (Å²) in [6.45, 7) is 0.410. The van der Waals surface area contributed by atoms with Crippen LogP contribution in [0.25, 0.3) is 5.52 Å². The predicted molar refractivity (Wildman–Crippen MR) is 75.6 cm³/mol. The lowest BCUT2D eigenvalue weighted by Crippen LogP contribution is -2.22. The van der Waals surface area contributed by atoms with Crippen molar-refractivity contribution in [3.05, 3.63) is 65.2 Å². The molecule has 0 spiro atoms. The molecule has 0 bridgehead atoms. The van der Waals surface area contributed by atoms with E-state index in [-0.39, 0.29) is 5.91 Å². The van der Waals surface area contributed by atoms with Gasteiger partial charge in [0, 0.05) is 30.7 Å². The van der Waals surface area contributed by atoms with Crippen molar-refractivity contribution in [1.82, 2.24) is 19.9 Å². The number of rotatable bonds is 3. The van der Waals surface area contributed by atoms with Gasteiger partial charge in [-0.25, -0.2) is 9.50 Å². The van der Waals surface area contributed by atoms with Crippen LogP contribution in [-0.2, 0) is 6.54 Å². The van der Waals surface area contributed by atoms with Gasteiger partial charge in [-0.05, 0) is 29.8 Å². The summed E-state index contributed by atoms with van der Waals surface area (Å²) in [6, 6.07) is 8.90. The maximum absolute atomic E-state index is 12.1. The van der Waals surface area contributed by atoms with Gasteiger partial charge in [0.25, 0.3) is 5.91 Å². The van der Waals surface area contributed by atoms with Gasteiger partial charge in [0.15, 0.2) is 0 Å². The summed E-state index contributed by atoms with van der Waals surface area (Å²) in [7, 11) is 0. The number of hydrogen-bond acceptors (Lipinski definition) is 3. The first-order valence-electron chi connectivity index (χ1n) is 6.04. The van der Waals surface area contributed by atoms with Crippen LogP contribution < -0.4 is 5.32 Å². The highest BCUT2D eigenvalue weighted by atomic mass is 35.5. The van der Waals surface area contributed by atoms with E-state index in [0.717, 1.165) is 11.1 Å². The van der Waals surface area contributed by atoms with Gasteiger partial charge in [0.05, 0.1) is 5.52 Å². The number of fused-ring (bicyclic) bond motifs is 1. The van der Waals surface area contributed by atoms with Crippen molar-refractivity contribution in [1.29, 1.82) is 0 Å². The van der Waals surface area contributed by atoms with Crippen LogP contribution in [0.4, 0.5) is 0 Å². The van der Waals surface area contributed by atoms with Crippen molar-refractivity contribution in [2.75, 3.05) is 0 Å². The average molecular weight is 287 g/mol. The van der Waals surface area contributed by atoms with Crippen LogP contribution in [0, 0.1) is 0 Å². The highest BCUT2D eigenvalue weighted by Crippen LogP contribution is 2.08. The Balaban J connectivity index is 1.70. The van der Waals surface area contributed by atoms with Crippen LogP contribution >= 0.6 is 11.6 Å². The maximum atomic E-state index is 12.1. The topological polar surface area (TPSA) is 59.3 Å². The molecule has 6 heteroatoms. The van der Waals surface area contributed by atoms with Crippen LogP contribution in [0.5, 0.6) is 0 Å². The van der Waals surface area contributed by atoms with E-state index < -0.39 is 0 Å². The number of carbonyl (C=O) groups excluding carboxylic acids is 1. The molecule has 3 aromatic heterocycles. The van der Waals surface area contributed by atoms with Crippen molar-refractivity contribution in [3.63, 3.8) is 0 Å². The molecule has 100 valence electrons. The molecule has 3 aromatic rings. The van der Waals surface area contributed by atoms with Crippen LogP contribution in [0.3, 0.4) is 0 Å². The molecule has 0 unspecified atom stereocenters. The summed E-state index contributed by atoms with van der Waals surface area (Å²) in [6.07, 6.45) is 5.09. The smallest absolute Gasteiger partial charge is 0.251 e. The predicted octanol–water partition coefficient (Wildman–Crippen LogP) is 2.31. The molecule has 0 aliphatic rings. The molecular formula is C14H11ClN4O. The second-order valence-electron chi connectivity index (χ2n) is 4.29. The number of halogens is 1. The zero-order valence-electron chi connectivity index (χ0n) is 10.5. The molecule has 0 aromatic carbocycles. The minimum atomic E-state index is -0.136. The zero-order chi connectivity index (χ0) is 13.9. The fraction of sp³-hybridized carbons (Fsp3) is 0.0714. The lowest BCUT2D eigenvalue weighted by Gasteiger charge is -2.05. The van der Waals surface area contributed by atoms with E-state index in [1.807, 2.05) is 12.1 Å². The minimum Gasteiger partial charge on any atom is -0.348 e. The first-order chi connectivity index (χ1) is 9.72. The van der Waals surface area contributed by atoms with Crippen LogP contribution in [0.1, 0.15) is 15.9 Å². The Morgan fingerprint density at radius 1 is 1.30 bits per heavy atom. The number of aromatic nitrogens is 3. The number of amides is 1. The first kappa shape index (κ1) is 12.6. The Kier molecular flexibility index (Phi) is 3.35. The second kappa shape index (κ2) is 5.30. The normalized spacial score (nSPS) is 10.7. The SMILES string of the molecule is O=C(NCc1ccc(Cl)nc1)c1ccn2nccc2c1. The maximum Gasteiger partial charge on any atom is 0.251 e.